The number of carbonyl (C=O) groups excluding carboxylic acids is 3. The first-order chi connectivity index (χ1) is 14.1. The number of hydrogen-bond donors (Lipinski definition) is 1. The first kappa shape index (κ1) is 18.8. The zero-order valence-corrected chi connectivity index (χ0v) is 16.0. The van der Waals surface area contributed by atoms with Crippen molar-refractivity contribution in [3.63, 3.8) is 0 Å². The molecule has 1 aliphatic rings. The number of hydrogen-bond acceptors (Lipinski definition) is 5. The van der Waals surface area contributed by atoms with Crippen molar-refractivity contribution in [3.05, 3.63) is 83.5 Å². The Morgan fingerprint density at radius 2 is 1.66 bits per heavy atom. The monoisotopic (exact) mass is 404 g/mol. The van der Waals surface area contributed by atoms with E-state index >= 15 is 0 Å². The second-order valence-electron chi connectivity index (χ2n) is 6.25. The number of para-hydroxylation sites is 1. The van der Waals surface area contributed by atoms with Gasteiger partial charge in [0.15, 0.2) is 0 Å². The molecule has 7 heteroatoms. The number of anilines is 1. The minimum Gasteiger partial charge on any atom is -0.457 e. The van der Waals surface area contributed by atoms with Crippen molar-refractivity contribution in [2.24, 2.45) is 0 Å². The van der Waals surface area contributed by atoms with Crippen LogP contribution in [-0.2, 0) is 9.59 Å². The van der Waals surface area contributed by atoms with Crippen molar-refractivity contribution in [3.8, 4) is 11.3 Å². The maximum Gasteiger partial charge on any atom is 0.294 e. The Labute approximate surface area is 171 Å². The Morgan fingerprint density at radius 1 is 0.966 bits per heavy atom. The molecule has 0 atom stereocenters. The Morgan fingerprint density at radius 3 is 2.38 bits per heavy atom. The van der Waals surface area contributed by atoms with E-state index in [-0.39, 0.29) is 11.4 Å². The lowest BCUT2D eigenvalue weighted by atomic mass is 10.2. The lowest BCUT2D eigenvalue weighted by Gasteiger charge is -2.12. The fourth-order valence-electron chi connectivity index (χ4n) is 2.82. The summed E-state index contributed by atoms with van der Waals surface area (Å²) in [5.41, 5.74) is 1.52. The number of imide groups is 1. The lowest BCUT2D eigenvalue weighted by Crippen LogP contribution is -2.36. The number of nitrogens with zero attached hydrogens (tertiary/aromatic N) is 1. The maximum atomic E-state index is 12.6. The Bertz CT molecular complexity index is 1090. The third-order valence-electron chi connectivity index (χ3n) is 4.19. The first-order valence-electron chi connectivity index (χ1n) is 8.86. The standard InChI is InChI=1S/C22H16N2O4S/c25-20(23-16-9-5-2-6-10-16)14-24-21(26)19(29-22(24)27)13-17-11-12-18(28-17)15-7-3-1-4-8-15/h1-13H,14H2,(H,23,25)/b19-13+. The molecule has 6 nitrogen and oxygen atoms in total. The van der Waals surface area contributed by atoms with Gasteiger partial charge in [-0.2, -0.15) is 0 Å². The molecule has 3 amide bonds. The van der Waals surface area contributed by atoms with Gasteiger partial charge in [0, 0.05) is 17.3 Å². The normalized spacial score (nSPS) is 15.2. The molecule has 0 aliphatic carbocycles. The van der Waals surface area contributed by atoms with Crippen LogP contribution in [0.1, 0.15) is 5.76 Å². The van der Waals surface area contributed by atoms with Crippen LogP contribution in [0, 0.1) is 0 Å². The summed E-state index contributed by atoms with van der Waals surface area (Å²) in [4.78, 5) is 38.1. The molecule has 1 fully saturated rings. The molecule has 3 aromatic rings. The second-order valence-corrected chi connectivity index (χ2v) is 7.24. The van der Waals surface area contributed by atoms with Gasteiger partial charge in [0.1, 0.15) is 18.1 Å². The molecule has 4 rings (SSSR count). The van der Waals surface area contributed by atoms with Crippen LogP contribution in [0.5, 0.6) is 0 Å². The third kappa shape index (κ3) is 4.30. The van der Waals surface area contributed by atoms with Gasteiger partial charge in [-0.3, -0.25) is 19.3 Å². The molecule has 1 N–H and O–H groups in total. The van der Waals surface area contributed by atoms with E-state index < -0.39 is 17.1 Å². The molecular formula is C22H16N2O4S. The molecule has 2 aromatic carbocycles. The molecule has 2 heterocycles. The smallest absolute Gasteiger partial charge is 0.294 e. The van der Waals surface area contributed by atoms with Gasteiger partial charge >= 0.3 is 0 Å². The predicted octanol–water partition coefficient (Wildman–Crippen LogP) is 4.62. The third-order valence-corrected chi connectivity index (χ3v) is 5.10. The topological polar surface area (TPSA) is 79.6 Å². The van der Waals surface area contributed by atoms with E-state index in [1.54, 1.807) is 36.4 Å². The summed E-state index contributed by atoms with van der Waals surface area (Å²) in [6, 6.07) is 22.0. The molecule has 0 unspecified atom stereocenters. The van der Waals surface area contributed by atoms with Crippen molar-refractivity contribution >= 4 is 40.6 Å². The largest absolute Gasteiger partial charge is 0.457 e. The van der Waals surface area contributed by atoms with Gasteiger partial charge in [0.05, 0.1) is 4.91 Å². The van der Waals surface area contributed by atoms with Crippen LogP contribution >= 0.6 is 11.8 Å². The number of rotatable bonds is 5. The van der Waals surface area contributed by atoms with Gasteiger partial charge in [0.25, 0.3) is 11.1 Å². The second kappa shape index (κ2) is 8.20. The van der Waals surface area contributed by atoms with Crippen LogP contribution in [-0.4, -0.2) is 28.5 Å². The van der Waals surface area contributed by atoms with E-state index in [4.69, 9.17) is 4.42 Å². The molecule has 0 saturated carbocycles. The number of amides is 3. The fourth-order valence-corrected chi connectivity index (χ4v) is 3.64. The summed E-state index contributed by atoms with van der Waals surface area (Å²) in [7, 11) is 0. The molecule has 29 heavy (non-hydrogen) atoms. The van der Waals surface area contributed by atoms with Crippen LogP contribution in [0.3, 0.4) is 0 Å². The van der Waals surface area contributed by atoms with Crippen LogP contribution < -0.4 is 5.32 Å². The minimum atomic E-state index is -0.513. The van der Waals surface area contributed by atoms with Gasteiger partial charge in [-0.1, -0.05) is 48.5 Å². The van der Waals surface area contributed by atoms with E-state index in [0.29, 0.717) is 17.2 Å². The molecule has 1 saturated heterocycles. The molecule has 1 aliphatic heterocycles. The van der Waals surface area contributed by atoms with Gasteiger partial charge in [0.2, 0.25) is 5.91 Å². The van der Waals surface area contributed by atoms with Crippen molar-refractivity contribution in [2.45, 2.75) is 0 Å². The molecule has 1 aromatic heterocycles. The highest BCUT2D eigenvalue weighted by atomic mass is 32.2. The summed E-state index contributed by atoms with van der Waals surface area (Å²) < 4.78 is 5.76. The highest BCUT2D eigenvalue weighted by Gasteiger charge is 2.36. The Hall–Kier alpha value is -3.58. The highest BCUT2D eigenvalue weighted by Crippen LogP contribution is 2.33. The van der Waals surface area contributed by atoms with Crippen LogP contribution in [0.4, 0.5) is 10.5 Å². The van der Waals surface area contributed by atoms with Crippen LogP contribution in [0.2, 0.25) is 0 Å². The van der Waals surface area contributed by atoms with Gasteiger partial charge in [-0.25, -0.2) is 0 Å². The van der Waals surface area contributed by atoms with Crippen molar-refractivity contribution in [1.29, 1.82) is 0 Å². The predicted molar refractivity (Wildman–Crippen MR) is 112 cm³/mol. The van der Waals surface area contributed by atoms with E-state index in [9.17, 15) is 14.4 Å². The van der Waals surface area contributed by atoms with Gasteiger partial charge in [-0.15, -0.1) is 0 Å². The zero-order chi connectivity index (χ0) is 20.2. The summed E-state index contributed by atoms with van der Waals surface area (Å²) in [5.74, 6) is 0.173. The lowest BCUT2D eigenvalue weighted by molar-refractivity contribution is -0.127. The number of thioether (sulfide) groups is 1. The number of carbonyl (C=O) groups is 3. The van der Waals surface area contributed by atoms with Gasteiger partial charge in [-0.05, 0) is 36.0 Å². The van der Waals surface area contributed by atoms with E-state index in [0.717, 1.165) is 22.2 Å². The van der Waals surface area contributed by atoms with E-state index in [1.165, 1.54) is 6.08 Å². The average molecular weight is 404 g/mol. The number of furan rings is 1. The van der Waals surface area contributed by atoms with Gasteiger partial charge < -0.3 is 9.73 Å². The van der Waals surface area contributed by atoms with Crippen molar-refractivity contribution < 1.29 is 18.8 Å². The quantitative estimate of drug-likeness (QED) is 0.628. The van der Waals surface area contributed by atoms with E-state index in [1.807, 2.05) is 36.4 Å². The van der Waals surface area contributed by atoms with Crippen LogP contribution in [0.15, 0.2) is 82.1 Å². The first-order valence-corrected chi connectivity index (χ1v) is 9.67. The molecular weight excluding hydrogens is 388 g/mol. The SMILES string of the molecule is O=C(CN1C(=O)S/C(=C/c2ccc(-c3ccccc3)o2)C1=O)Nc1ccccc1. The van der Waals surface area contributed by atoms with E-state index in [2.05, 4.69) is 5.32 Å². The molecule has 144 valence electrons. The van der Waals surface area contributed by atoms with Crippen molar-refractivity contribution in [1.82, 2.24) is 4.90 Å². The molecule has 0 bridgehead atoms. The molecule has 0 spiro atoms. The Kier molecular flexibility index (Phi) is 5.31. The highest BCUT2D eigenvalue weighted by molar-refractivity contribution is 8.18. The number of nitrogens with one attached hydrogen (secondary N) is 1. The molecule has 0 radical (unpaired) electrons. The summed E-state index contributed by atoms with van der Waals surface area (Å²) >= 11 is 0.789. The summed E-state index contributed by atoms with van der Waals surface area (Å²) in [6.45, 7) is -0.343. The summed E-state index contributed by atoms with van der Waals surface area (Å²) in [6.07, 6.45) is 1.52. The fraction of sp³-hybridized carbons (Fsp3) is 0.0455. The van der Waals surface area contributed by atoms with Crippen LogP contribution in [0.25, 0.3) is 17.4 Å². The zero-order valence-electron chi connectivity index (χ0n) is 15.2. The Balaban J connectivity index is 1.45. The van der Waals surface area contributed by atoms with Crippen molar-refractivity contribution in [2.75, 3.05) is 11.9 Å². The maximum absolute atomic E-state index is 12.6. The number of benzene rings is 2. The average Bonchev–Trinajstić information content (AvgIpc) is 3.30. The summed E-state index contributed by atoms with van der Waals surface area (Å²) in [5, 5.41) is 2.18. The minimum absolute atomic E-state index is 0.219.